The lowest BCUT2D eigenvalue weighted by Crippen LogP contribution is -2.58. The lowest BCUT2D eigenvalue weighted by molar-refractivity contribution is -0.138. The quantitative estimate of drug-likeness (QED) is 0.508. The standard InChI is InChI=1S/C23H26ClF3N2O2/c1-2-3-12-28-22(30)29-14-19(15-29)31-21(16-8-10-18(24)11-9-16)13-17-6-4-5-7-20(17)23(25,26)27/h4-11,19,21H,2-3,12-15H2,1H3,(H,28,30). The van der Waals surface area contributed by atoms with Crippen LogP contribution in [0.15, 0.2) is 48.5 Å². The van der Waals surface area contributed by atoms with Crippen LogP contribution < -0.4 is 5.32 Å². The molecule has 2 aromatic carbocycles. The van der Waals surface area contributed by atoms with E-state index < -0.39 is 17.8 Å². The number of rotatable bonds is 8. The monoisotopic (exact) mass is 454 g/mol. The summed E-state index contributed by atoms with van der Waals surface area (Å²) in [6.07, 6.45) is -3.29. The summed E-state index contributed by atoms with van der Waals surface area (Å²) in [4.78, 5) is 13.7. The molecule has 0 bridgehead atoms. The molecular formula is C23H26ClF3N2O2. The summed E-state index contributed by atoms with van der Waals surface area (Å²) in [5.41, 5.74) is 0.249. The Morgan fingerprint density at radius 2 is 1.87 bits per heavy atom. The third kappa shape index (κ3) is 6.37. The van der Waals surface area contributed by atoms with E-state index in [1.807, 2.05) is 6.92 Å². The molecule has 4 nitrogen and oxygen atoms in total. The molecule has 1 heterocycles. The third-order valence-corrected chi connectivity index (χ3v) is 5.52. The van der Waals surface area contributed by atoms with Crippen molar-refractivity contribution in [3.8, 4) is 0 Å². The van der Waals surface area contributed by atoms with Gasteiger partial charge in [-0.25, -0.2) is 4.79 Å². The number of hydrogen-bond acceptors (Lipinski definition) is 2. The first-order valence-corrected chi connectivity index (χ1v) is 10.7. The highest BCUT2D eigenvalue weighted by molar-refractivity contribution is 6.30. The lowest BCUT2D eigenvalue weighted by atomic mass is 9.96. The van der Waals surface area contributed by atoms with Crippen molar-refractivity contribution in [2.45, 2.75) is 44.6 Å². The number of nitrogens with one attached hydrogen (secondary N) is 1. The predicted molar refractivity (Wildman–Crippen MR) is 114 cm³/mol. The Morgan fingerprint density at radius 3 is 2.52 bits per heavy atom. The SMILES string of the molecule is CCCCNC(=O)N1CC(OC(Cc2ccccc2C(F)(F)F)c2ccc(Cl)cc2)C1. The van der Waals surface area contributed by atoms with Crippen molar-refractivity contribution >= 4 is 17.6 Å². The number of carbonyl (C=O) groups is 1. The summed E-state index contributed by atoms with van der Waals surface area (Å²) in [5, 5.41) is 3.39. The van der Waals surface area contributed by atoms with Gasteiger partial charge >= 0.3 is 12.2 Å². The number of amides is 2. The van der Waals surface area contributed by atoms with Gasteiger partial charge in [-0.15, -0.1) is 0 Å². The predicted octanol–water partition coefficient (Wildman–Crippen LogP) is 5.85. The fourth-order valence-electron chi connectivity index (χ4n) is 3.50. The van der Waals surface area contributed by atoms with Crippen LogP contribution in [-0.4, -0.2) is 36.7 Å². The first kappa shape index (κ1) is 23.4. The van der Waals surface area contributed by atoms with Crippen LogP contribution in [0.25, 0.3) is 0 Å². The number of ether oxygens (including phenoxy) is 1. The molecule has 0 saturated carbocycles. The van der Waals surface area contributed by atoms with Crippen molar-refractivity contribution in [3.05, 3.63) is 70.2 Å². The second-order valence-electron chi connectivity index (χ2n) is 7.65. The molecule has 0 spiro atoms. The van der Waals surface area contributed by atoms with E-state index in [0.29, 0.717) is 24.7 Å². The van der Waals surface area contributed by atoms with Gasteiger partial charge in [0.2, 0.25) is 0 Å². The number of carbonyl (C=O) groups excluding carboxylic acids is 1. The number of unbranched alkanes of at least 4 members (excludes halogenated alkanes) is 1. The van der Waals surface area contributed by atoms with Crippen LogP contribution in [0.4, 0.5) is 18.0 Å². The molecule has 2 aromatic rings. The van der Waals surface area contributed by atoms with E-state index in [1.54, 1.807) is 35.2 Å². The first-order chi connectivity index (χ1) is 14.8. The Kier molecular flexibility index (Phi) is 7.84. The molecule has 1 aliphatic heterocycles. The zero-order valence-corrected chi connectivity index (χ0v) is 18.0. The van der Waals surface area contributed by atoms with Gasteiger partial charge in [-0.1, -0.05) is 55.3 Å². The molecule has 1 N–H and O–H groups in total. The molecule has 1 fully saturated rings. The van der Waals surface area contributed by atoms with Gasteiger partial charge in [0, 0.05) is 18.0 Å². The maximum absolute atomic E-state index is 13.5. The Hall–Kier alpha value is -2.25. The number of likely N-dealkylation sites (tertiary alicyclic amines) is 1. The van der Waals surface area contributed by atoms with Gasteiger partial charge in [0.15, 0.2) is 0 Å². The van der Waals surface area contributed by atoms with E-state index in [0.717, 1.165) is 24.5 Å². The van der Waals surface area contributed by atoms with Crippen molar-refractivity contribution in [3.63, 3.8) is 0 Å². The van der Waals surface area contributed by atoms with Crippen LogP contribution in [0.3, 0.4) is 0 Å². The molecule has 1 aliphatic rings. The van der Waals surface area contributed by atoms with Gasteiger partial charge in [0.25, 0.3) is 0 Å². The minimum Gasteiger partial charge on any atom is -0.366 e. The molecule has 1 atom stereocenters. The summed E-state index contributed by atoms with van der Waals surface area (Å²) in [6.45, 7) is 3.48. The third-order valence-electron chi connectivity index (χ3n) is 5.27. The van der Waals surface area contributed by atoms with E-state index >= 15 is 0 Å². The highest BCUT2D eigenvalue weighted by Gasteiger charge is 2.36. The van der Waals surface area contributed by atoms with Gasteiger partial charge < -0.3 is 15.0 Å². The Bertz CT molecular complexity index is 868. The normalized spacial score (nSPS) is 15.5. The molecule has 0 aromatic heterocycles. The zero-order valence-electron chi connectivity index (χ0n) is 17.3. The first-order valence-electron chi connectivity index (χ1n) is 10.4. The largest absolute Gasteiger partial charge is 0.416 e. The van der Waals surface area contributed by atoms with E-state index in [2.05, 4.69) is 5.32 Å². The maximum Gasteiger partial charge on any atom is 0.416 e. The maximum atomic E-state index is 13.5. The zero-order chi connectivity index (χ0) is 22.4. The Balaban J connectivity index is 1.70. The van der Waals surface area contributed by atoms with Crippen molar-refractivity contribution < 1.29 is 22.7 Å². The van der Waals surface area contributed by atoms with Gasteiger partial charge in [-0.3, -0.25) is 0 Å². The van der Waals surface area contributed by atoms with Crippen LogP contribution in [0, 0.1) is 0 Å². The molecule has 0 aliphatic carbocycles. The van der Waals surface area contributed by atoms with Crippen molar-refractivity contribution in [2.75, 3.05) is 19.6 Å². The average molecular weight is 455 g/mol. The second kappa shape index (κ2) is 10.4. The molecule has 1 unspecified atom stereocenters. The van der Waals surface area contributed by atoms with E-state index in [9.17, 15) is 18.0 Å². The highest BCUT2D eigenvalue weighted by atomic mass is 35.5. The summed E-state index contributed by atoms with van der Waals surface area (Å²) in [7, 11) is 0. The topological polar surface area (TPSA) is 41.6 Å². The molecule has 1 saturated heterocycles. The van der Waals surface area contributed by atoms with Gasteiger partial charge in [0.05, 0.1) is 30.9 Å². The summed E-state index contributed by atoms with van der Waals surface area (Å²) in [5.74, 6) is 0. The Labute approximate surface area is 185 Å². The van der Waals surface area contributed by atoms with Crippen molar-refractivity contribution in [1.29, 1.82) is 0 Å². The summed E-state index contributed by atoms with van der Waals surface area (Å²) >= 11 is 5.97. The summed E-state index contributed by atoms with van der Waals surface area (Å²) in [6, 6.07) is 12.3. The van der Waals surface area contributed by atoms with Crippen LogP contribution in [0.1, 0.15) is 42.6 Å². The van der Waals surface area contributed by atoms with Gasteiger partial charge in [0.1, 0.15) is 0 Å². The molecule has 31 heavy (non-hydrogen) atoms. The lowest BCUT2D eigenvalue weighted by Gasteiger charge is -2.40. The van der Waals surface area contributed by atoms with Gasteiger partial charge in [-0.2, -0.15) is 13.2 Å². The Morgan fingerprint density at radius 1 is 1.19 bits per heavy atom. The average Bonchev–Trinajstić information content (AvgIpc) is 2.69. The molecule has 0 radical (unpaired) electrons. The molecule has 168 valence electrons. The molecule has 3 rings (SSSR count). The highest BCUT2D eigenvalue weighted by Crippen LogP contribution is 2.35. The van der Waals surface area contributed by atoms with Gasteiger partial charge in [-0.05, 0) is 35.7 Å². The number of hydrogen-bond donors (Lipinski definition) is 1. The molecule has 2 amide bonds. The minimum absolute atomic E-state index is 0.0660. The van der Waals surface area contributed by atoms with Crippen molar-refractivity contribution in [2.24, 2.45) is 0 Å². The van der Waals surface area contributed by atoms with Crippen LogP contribution in [0.5, 0.6) is 0 Å². The van der Waals surface area contributed by atoms with Crippen LogP contribution in [0.2, 0.25) is 5.02 Å². The smallest absolute Gasteiger partial charge is 0.366 e. The molecular weight excluding hydrogens is 429 g/mol. The van der Waals surface area contributed by atoms with E-state index in [4.69, 9.17) is 16.3 Å². The minimum atomic E-state index is -4.44. The number of nitrogens with zero attached hydrogens (tertiary/aromatic N) is 1. The van der Waals surface area contributed by atoms with Crippen LogP contribution in [-0.2, 0) is 17.3 Å². The van der Waals surface area contributed by atoms with Crippen LogP contribution >= 0.6 is 11.6 Å². The molecule has 8 heteroatoms. The number of alkyl halides is 3. The number of benzene rings is 2. The number of urea groups is 1. The van der Waals surface area contributed by atoms with E-state index in [1.165, 1.54) is 12.1 Å². The second-order valence-corrected chi connectivity index (χ2v) is 8.08. The fraction of sp³-hybridized carbons (Fsp3) is 0.435. The number of halogens is 4. The fourth-order valence-corrected chi connectivity index (χ4v) is 3.63. The van der Waals surface area contributed by atoms with Crippen molar-refractivity contribution in [1.82, 2.24) is 10.2 Å². The van der Waals surface area contributed by atoms with E-state index in [-0.39, 0.29) is 24.1 Å². The summed E-state index contributed by atoms with van der Waals surface area (Å²) < 4.78 is 46.5.